The molecule has 1 unspecified atom stereocenters. The third-order valence-electron chi connectivity index (χ3n) is 4.45. The standard InChI is InChI=1S/C18H26N4OS/c1-15(12-17-6-5-11-24-17)20-18(23)16-13-19-22(14-16)10-9-21-7-3-2-4-8-21/h5-6,11,13-15H,2-4,7-10,12H2,1H3,(H,20,23). The van der Waals surface area contributed by atoms with Gasteiger partial charge in [-0.05, 0) is 44.3 Å². The van der Waals surface area contributed by atoms with Gasteiger partial charge in [-0.1, -0.05) is 12.5 Å². The fourth-order valence-corrected chi connectivity index (χ4v) is 3.95. The molecule has 2 aromatic rings. The fraction of sp³-hybridized carbons (Fsp3) is 0.556. The molecule has 24 heavy (non-hydrogen) atoms. The number of hydrogen-bond acceptors (Lipinski definition) is 4. The summed E-state index contributed by atoms with van der Waals surface area (Å²) in [5, 5.41) is 9.46. The molecule has 0 bridgehead atoms. The van der Waals surface area contributed by atoms with E-state index < -0.39 is 0 Å². The van der Waals surface area contributed by atoms with Crippen LogP contribution in [0.1, 0.15) is 41.4 Å². The molecule has 3 rings (SSSR count). The van der Waals surface area contributed by atoms with Crippen LogP contribution < -0.4 is 5.32 Å². The van der Waals surface area contributed by atoms with Crippen molar-refractivity contribution < 1.29 is 4.79 Å². The summed E-state index contributed by atoms with van der Waals surface area (Å²) in [6, 6.07) is 4.26. The van der Waals surface area contributed by atoms with Gasteiger partial charge >= 0.3 is 0 Å². The molecule has 0 saturated carbocycles. The zero-order valence-electron chi connectivity index (χ0n) is 14.3. The number of nitrogens with one attached hydrogen (secondary N) is 1. The van der Waals surface area contributed by atoms with Gasteiger partial charge in [-0.2, -0.15) is 5.10 Å². The molecule has 1 N–H and O–H groups in total. The molecular weight excluding hydrogens is 320 g/mol. The molecule has 0 aliphatic carbocycles. The van der Waals surface area contributed by atoms with E-state index in [-0.39, 0.29) is 11.9 Å². The second kappa shape index (κ2) is 8.44. The quantitative estimate of drug-likeness (QED) is 0.839. The Morgan fingerprint density at radius 1 is 1.33 bits per heavy atom. The molecule has 1 atom stereocenters. The predicted molar refractivity (Wildman–Crippen MR) is 97.5 cm³/mol. The largest absolute Gasteiger partial charge is 0.349 e. The lowest BCUT2D eigenvalue weighted by Crippen LogP contribution is -2.33. The summed E-state index contributed by atoms with van der Waals surface area (Å²) in [6.45, 7) is 6.28. The van der Waals surface area contributed by atoms with E-state index in [0.717, 1.165) is 19.5 Å². The molecule has 130 valence electrons. The Morgan fingerprint density at radius 3 is 2.92 bits per heavy atom. The molecule has 5 nitrogen and oxygen atoms in total. The summed E-state index contributed by atoms with van der Waals surface area (Å²) in [7, 11) is 0. The molecule has 1 aliphatic heterocycles. The Bertz CT molecular complexity index is 631. The van der Waals surface area contributed by atoms with E-state index in [1.165, 1.54) is 37.2 Å². The van der Waals surface area contributed by atoms with E-state index in [1.54, 1.807) is 17.5 Å². The maximum atomic E-state index is 12.3. The maximum absolute atomic E-state index is 12.3. The Kier molecular flexibility index (Phi) is 6.04. The zero-order valence-corrected chi connectivity index (χ0v) is 15.1. The summed E-state index contributed by atoms with van der Waals surface area (Å²) in [6.07, 6.45) is 8.35. The van der Waals surface area contributed by atoms with Gasteiger partial charge in [0.15, 0.2) is 0 Å². The van der Waals surface area contributed by atoms with Crippen molar-refractivity contribution in [3.05, 3.63) is 40.3 Å². The molecule has 1 aliphatic rings. The number of carbonyl (C=O) groups is 1. The maximum Gasteiger partial charge on any atom is 0.254 e. The highest BCUT2D eigenvalue weighted by molar-refractivity contribution is 7.09. The SMILES string of the molecule is CC(Cc1cccs1)NC(=O)c1cnn(CCN2CCCCC2)c1. The number of aromatic nitrogens is 2. The monoisotopic (exact) mass is 346 g/mol. The topological polar surface area (TPSA) is 50.2 Å². The molecular formula is C18H26N4OS. The van der Waals surface area contributed by atoms with Crippen LogP contribution in [-0.2, 0) is 13.0 Å². The van der Waals surface area contributed by atoms with Crippen LogP contribution in [-0.4, -0.2) is 46.3 Å². The first kappa shape index (κ1) is 17.2. The fourth-order valence-electron chi connectivity index (χ4n) is 3.12. The lowest BCUT2D eigenvalue weighted by Gasteiger charge is -2.26. The van der Waals surface area contributed by atoms with Crippen LogP contribution in [0.4, 0.5) is 0 Å². The average molecular weight is 347 g/mol. The number of rotatable bonds is 7. The van der Waals surface area contributed by atoms with Crippen molar-refractivity contribution in [1.82, 2.24) is 20.0 Å². The number of likely N-dealkylation sites (tertiary alicyclic amines) is 1. The Balaban J connectivity index is 1.46. The molecule has 6 heteroatoms. The van der Waals surface area contributed by atoms with Gasteiger partial charge < -0.3 is 10.2 Å². The van der Waals surface area contributed by atoms with Crippen LogP contribution in [0.15, 0.2) is 29.9 Å². The van der Waals surface area contributed by atoms with Crippen LogP contribution in [0, 0.1) is 0 Å². The minimum absolute atomic E-state index is 0.0386. The molecule has 0 radical (unpaired) electrons. The molecule has 0 spiro atoms. The second-order valence-corrected chi connectivity index (χ2v) is 7.58. The average Bonchev–Trinajstić information content (AvgIpc) is 3.25. The van der Waals surface area contributed by atoms with Gasteiger partial charge in [0.1, 0.15) is 0 Å². The van der Waals surface area contributed by atoms with Gasteiger partial charge in [-0.15, -0.1) is 11.3 Å². The van der Waals surface area contributed by atoms with Crippen molar-refractivity contribution in [2.24, 2.45) is 0 Å². The second-order valence-electron chi connectivity index (χ2n) is 6.55. The smallest absolute Gasteiger partial charge is 0.254 e. The number of thiophene rings is 1. The van der Waals surface area contributed by atoms with Gasteiger partial charge in [0.25, 0.3) is 5.91 Å². The van der Waals surface area contributed by atoms with Crippen molar-refractivity contribution in [3.63, 3.8) is 0 Å². The molecule has 0 aromatic carbocycles. The molecule has 1 fully saturated rings. The molecule has 1 saturated heterocycles. The van der Waals surface area contributed by atoms with E-state index in [2.05, 4.69) is 26.8 Å². The van der Waals surface area contributed by atoms with E-state index in [0.29, 0.717) is 5.56 Å². The van der Waals surface area contributed by atoms with E-state index in [1.807, 2.05) is 23.9 Å². The third-order valence-corrected chi connectivity index (χ3v) is 5.35. The summed E-state index contributed by atoms with van der Waals surface area (Å²) in [4.78, 5) is 16.1. The third kappa shape index (κ3) is 4.92. The van der Waals surface area contributed by atoms with Crippen molar-refractivity contribution >= 4 is 17.2 Å². The van der Waals surface area contributed by atoms with E-state index in [4.69, 9.17) is 0 Å². The van der Waals surface area contributed by atoms with Gasteiger partial charge in [0.2, 0.25) is 0 Å². The number of nitrogens with zero attached hydrogens (tertiary/aromatic N) is 3. The Hall–Kier alpha value is -1.66. The van der Waals surface area contributed by atoms with Gasteiger partial charge in [-0.25, -0.2) is 0 Å². The highest BCUT2D eigenvalue weighted by atomic mass is 32.1. The first-order chi connectivity index (χ1) is 11.7. The summed E-state index contributed by atoms with van der Waals surface area (Å²) >= 11 is 1.73. The Labute approximate surface area is 147 Å². The number of hydrogen-bond donors (Lipinski definition) is 1. The minimum atomic E-state index is -0.0386. The highest BCUT2D eigenvalue weighted by Crippen LogP contribution is 2.11. The first-order valence-electron chi connectivity index (χ1n) is 8.79. The molecule has 2 aromatic heterocycles. The van der Waals surface area contributed by atoms with Crippen LogP contribution in [0.3, 0.4) is 0 Å². The number of piperidine rings is 1. The van der Waals surface area contributed by atoms with Crippen molar-refractivity contribution in [2.75, 3.05) is 19.6 Å². The lowest BCUT2D eigenvalue weighted by molar-refractivity contribution is 0.0940. The highest BCUT2D eigenvalue weighted by Gasteiger charge is 2.14. The molecule has 1 amide bonds. The van der Waals surface area contributed by atoms with Crippen LogP contribution in [0.5, 0.6) is 0 Å². The van der Waals surface area contributed by atoms with Crippen molar-refractivity contribution in [2.45, 2.75) is 45.2 Å². The number of amides is 1. The predicted octanol–water partition coefficient (Wildman–Crippen LogP) is 2.79. The number of carbonyl (C=O) groups excluding carboxylic acids is 1. The summed E-state index contributed by atoms with van der Waals surface area (Å²) < 4.78 is 1.88. The summed E-state index contributed by atoms with van der Waals surface area (Å²) in [5.74, 6) is -0.0386. The lowest BCUT2D eigenvalue weighted by atomic mass is 10.1. The van der Waals surface area contributed by atoms with Crippen LogP contribution in [0.25, 0.3) is 0 Å². The van der Waals surface area contributed by atoms with Gasteiger partial charge in [0, 0.05) is 30.1 Å². The minimum Gasteiger partial charge on any atom is -0.349 e. The van der Waals surface area contributed by atoms with Crippen molar-refractivity contribution in [1.29, 1.82) is 0 Å². The normalized spacial score (nSPS) is 16.9. The van der Waals surface area contributed by atoms with E-state index in [9.17, 15) is 4.79 Å². The summed E-state index contributed by atoms with van der Waals surface area (Å²) in [5.41, 5.74) is 0.645. The van der Waals surface area contributed by atoms with Gasteiger partial charge in [0.05, 0.1) is 18.3 Å². The Morgan fingerprint density at radius 2 is 2.17 bits per heavy atom. The zero-order chi connectivity index (χ0) is 16.8. The van der Waals surface area contributed by atoms with Gasteiger partial charge in [-0.3, -0.25) is 9.48 Å². The first-order valence-corrected chi connectivity index (χ1v) is 9.67. The van der Waals surface area contributed by atoms with E-state index >= 15 is 0 Å². The van der Waals surface area contributed by atoms with Crippen LogP contribution in [0.2, 0.25) is 0 Å². The van der Waals surface area contributed by atoms with Crippen LogP contribution >= 0.6 is 11.3 Å². The van der Waals surface area contributed by atoms with Crippen molar-refractivity contribution in [3.8, 4) is 0 Å². The molecule has 3 heterocycles.